The molecule has 0 saturated carbocycles. The average Bonchev–Trinajstić information content (AvgIpc) is 2.38. The number of benzene rings is 2. The molecule has 0 aliphatic rings. The van der Waals surface area contributed by atoms with Crippen molar-refractivity contribution in [3.63, 3.8) is 0 Å². The van der Waals surface area contributed by atoms with Crippen LogP contribution in [0.4, 0.5) is 8.78 Å². The lowest BCUT2D eigenvalue weighted by Crippen LogP contribution is -2.08. The van der Waals surface area contributed by atoms with Gasteiger partial charge in [0.2, 0.25) is 0 Å². The molecule has 0 fully saturated rings. The molecule has 0 bridgehead atoms. The fourth-order valence-corrected chi connectivity index (χ4v) is 2.47. The Bertz CT molecular complexity index is 644. The third-order valence-corrected chi connectivity index (χ3v) is 3.67. The molecule has 2 aromatic carbocycles. The van der Waals surface area contributed by atoms with Gasteiger partial charge in [-0.1, -0.05) is 35.3 Å². The Morgan fingerprint density at radius 1 is 1.15 bits per heavy atom. The second-order valence-corrected chi connectivity index (χ2v) is 5.39. The Morgan fingerprint density at radius 3 is 2.50 bits per heavy atom. The Morgan fingerprint density at radius 2 is 1.85 bits per heavy atom. The number of hydrogen-bond donors (Lipinski definition) is 1. The first kappa shape index (κ1) is 15.2. The first-order valence-electron chi connectivity index (χ1n) is 5.96. The highest BCUT2D eigenvalue weighted by Gasteiger charge is 2.20. The number of halogens is 4. The van der Waals surface area contributed by atoms with Gasteiger partial charge in [-0.3, -0.25) is 0 Å². The quantitative estimate of drug-likeness (QED) is 0.857. The predicted octanol–water partition coefficient (Wildman–Crippen LogP) is 4.86. The molecule has 0 spiro atoms. The van der Waals surface area contributed by atoms with E-state index in [1.54, 1.807) is 12.1 Å². The molecule has 0 saturated heterocycles. The fourth-order valence-electron chi connectivity index (χ4n) is 1.98. The van der Waals surface area contributed by atoms with Crippen LogP contribution in [0.3, 0.4) is 0 Å². The molecule has 1 atom stereocenters. The number of aliphatic hydroxyl groups excluding tert-OH is 1. The molecule has 0 radical (unpaired) electrons. The van der Waals surface area contributed by atoms with E-state index in [0.29, 0.717) is 15.6 Å². The summed E-state index contributed by atoms with van der Waals surface area (Å²) >= 11 is 11.8. The minimum absolute atomic E-state index is 0.00724. The van der Waals surface area contributed by atoms with Gasteiger partial charge < -0.3 is 5.11 Å². The van der Waals surface area contributed by atoms with Gasteiger partial charge in [0.05, 0.1) is 11.7 Å². The second kappa shape index (κ2) is 6.08. The van der Waals surface area contributed by atoms with E-state index in [4.69, 9.17) is 23.2 Å². The highest BCUT2D eigenvalue weighted by molar-refractivity contribution is 6.35. The first-order valence-corrected chi connectivity index (χ1v) is 6.72. The smallest absolute Gasteiger partial charge is 0.134 e. The topological polar surface area (TPSA) is 20.2 Å². The van der Waals surface area contributed by atoms with Crippen LogP contribution in [0.5, 0.6) is 0 Å². The molecular weight excluding hydrogens is 305 g/mol. The molecule has 0 aliphatic carbocycles. The summed E-state index contributed by atoms with van der Waals surface area (Å²) in [5.74, 6) is -1.51. The van der Waals surface area contributed by atoms with Crippen molar-refractivity contribution in [2.75, 3.05) is 0 Å². The third kappa shape index (κ3) is 3.11. The third-order valence-electron chi connectivity index (χ3n) is 3.08. The zero-order chi connectivity index (χ0) is 14.9. The number of hydrogen-bond acceptors (Lipinski definition) is 1. The van der Waals surface area contributed by atoms with Crippen LogP contribution in [0, 0.1) is 18.6 Å². The Kier molecular flexibility index (Phi) is 4.63. The summed E-state index contributed by atoms with van der Waals surface area (Å²) in [5.41, 5.74) is 0.516. The van der Waals surface area contributed by atoms with E-state index < -0.39 is 17.7 Å². The molecule has 106 valence electrons. The van der Waals surface area contributed by atoms with E-state index in [1.165, 1.54) is 19.1 Å². The maximum absolute atomic E-state index is 13.9. The van der Waals surface area contributed by atoms with E-state index in [1.807, 2.05) is 0 Å². The van der Waals surface area contributed by atoms with Crippen LogP contribution in [-0.4, -0.2) is 5.11 Å². The summed E-state index contributed by atoms with van der Waals surface area (Å²) in [5, 5.41) is 10.9. The lowest BCUT2D eigenvalue weighted by Gasteiger charge is -2.15. The van der Waals surface area contributed by atoms with Crippen LogP contribution >= 0.6 is 23.2 Å². The molecule has 1 nitrogen and oxygen atoms in total. The van der Waals surface area contributed by atoms with E-state index in [2.05, 4.69) is 0 Å². The van der Waals surface area contributed by atoms with Crippen molar-refractivity contribution in [2.24, 2.45) is 0 Å². The summed E-state index contributed by atoms with van der Waals surface area (Å²) in [7, 11) is 0. The van der Waals surface area contributed by atoms with Crippen LogP contribution in [0.2, 0.25) is 10.0 Å². The SMILES string of the molecule is Cc1ccc(F)c(C(O)Cc2ccc(Cl)cc2Cl)c1F. The summed E-state index contributed by atoms with van der Waals surface area (Å²) in [4.78, 5) is 0. The van der Waals surface area contributed by atoms with Gasteiger partial charge in [0.25, 0.3) is 0 Å². The van der Waals surface area contributed by atoms with E-state index in [9.17, 15) is 13.9 Å². The van der Waals surface area contributed by atoms with Crippen molar-refractivity contribution in [2.45, 2.75) is 19.4 Å². The highest BCUT2D eigenvalue weighted by atomic mass is 35.5. The monoisotopic (exact) mass is 316 g/mol. The molecule has 0 aromatic heterocycles. The van der Waals surface area contributed by atoms with E-state index >= 15 is 0 Å². The molecule has 5 heteroatoms. The lowest BCUT2D eigenvalue weighted by atomic mass is 9.98. The van der Waals surface area contributed by atoms with Gasteiger partial charge in [0.1, 0.15) is 11.6 Å². The van der Waals surface area contributed by atoms with Gasteiger partial charge in [0.15, 0.2) is 0 Å². The standard InChI is InChI=1S/C15H12Cl2F2O/c1-8-2-5-12(18)14(15(8)19)13(20)6-9-3-4-10(16)7-11(9)17/h2-5,7,13,20H,6H2,1H3. The highest BCUT2D eigenvalue weighted by Crippen LogP contribution is 2.29. The molecule has 20 heavy (non-hydrogen) atoms. The van der Waals surface area contributed by atoms with Crippen molar-refractivity contribution in [3.05, 3.63) is 68.7 Å². The van der Waals surface area contributed by atoms with Gasteiger partial charge in [-0.2, -0.15) is 0 Å². The van der Waals surface area contributed by atoms with Crippen molar-refractivity contribution in [1.29, 1.82) is 0 Å². The van der Waals surface area contributed by atoms with Crippen LogP contribution < -0.4 is 0 Å². The minimum Gasteiger partial charge on any atom is -0.388 e. The number of aryl methyl sites for hydroxylation is 1. The lowest BCUT2D eigenvalue weighted by molar-refractivity contribution is 0.168. The Labute approximate surface area is 125 Å². The Hall–Kier alpha value is -1.16. The molecule has 0 aliphatic heterocycles. The normalized spacial score (nSPS) is 12.5. The summed E-state index contributed by atoms with van der Waals surface area (Å²) < 4.78 is 27.6. The second-order valence-electron chi connectivity index (χ2n) is 4.55. The van der Waals surface area contributed by atoms with E-state index in [-0.39, 0.29) is 17.5 Å². The van der Waals surface area contributed by atoms with Gasteiger partial charge in [-0.25, -0.2) is 8.78 Å². The number of rotatable bonds is 3. The fraction of sp³-hybridized carbons (Fsp3) is 0.200. The van der Waals surface area contributed by atoms with Gasteiger partial charge in [0, 0.05) is 16.5 Å². The molecule has 2 rings (SSSR count). The van der Waals surface area contributed by atoms with Gasteiger partial charge in [-0.05, 0) is 36.2 Å². The average molecular weight is 317 g/mol. The van der Waals surface area contributed by atoms with Crippen molar-refractivity contribution < 1.29 is 13.9 Å². The molecule has 2 aromatic rings. The largest absolute Gasteiger partial charge is 0.388 e. The Balaban J connectivity index is 2.33. The summed E-state index contributed by atoms with van der Waals surface area (Å²) in [6.45, 7) is 1.51. The zero-order valence-corrected chi connectivity index (χ0v) is 12.1. The predicted molar refractivity (Wildman–Crippen MR) is 76.2 cm³/mol. The molecule has 1 N–H and O–H groups in total. The van der Waals surface area contributed by atoms with Crippen LogP contribution in [-0.2, 0) is 6.42 Å². The zero-order valence-electron chi connectivity index (χ0n) is 10.6. The maximum Gasteiger partial charge on any atom is 0.134 e. The summed E-state index contributed by atoms with van der Waals surface area (Å²) in [6, 6.07) is 7.22. The maximum atomic E-state index is 13.9. The van der Waals surface area contributed by atoms with Crippen LogP contribution in [0.15, 0.2) is 30.3 Å². The molecule has 1 unspecified atom stereocenters. The number of aliphatic hydroxyl groups is 1. The van der Waals surface area contributed by atoms with E-state index in [0.717, 1.165) is 6.07 Å². The first-order chi connectivity index (χ1) is 9.40. The van der Waals surface area contributed by atoms with Crippen LogP contribution in [0.25, 0.3) is 0 Å². The van der Waals surface area contributed by atoms with Crippen LogP contribution in [0.1, 0.15) is 22.8 Å². The van der Waals surface area contributed by atoms with Crippen molar-refractivity contribution in [1.82, 2.24) is 0 Å². The molecule has 0 heterocycles. The van der Waals surface area contributed by atoms with Gasteiger partial charge in [-0.15, -0.1) is 0 Å². The van der Waals surface area contributed by atoms with Crippen molar-refractivity contribution >= 4 is 23.2 Å². The van der Waals surface area contributed by atoms with Gasteiger partial charge >= 0.3 is 0 Å². The minimum atomic E-state index is -1.31. The molecular formula is C15H12Cl2F2O. The molecule has 0 amide bonds. The summed E-state index contributed by atoms with van der Waals surface area (Å²) in [6.07, 6.45) is -1.30. The van der Waals surface area contributed by atoms with Crippen molar-refractivity contribution in [3.8, 4) is 0 Å².